The summed E-state index contributed by atoms with van der Waals surface area (Å²) < 4.78 is 10.7. The number of ketones is 1. The Morgan fingerprint density at radius 1 is 1.17 bits per heavy atom. The molecule has 0 saturated carbocycles. The largest absolute Gasteiger partial charge is 0.493 e. The van der Waals surface area contributed by atoms with E-state index in [0.29, 0.717) is 42.0 Å². The monoisotopic (exact) mass is 397 g/mol. The number of methoxy groups -OCH3 is 2. The summed E-state index contributed by atoms with van der Waals surface area (Å²) in [6.07, 6.45) is 5.86. The summed E-state index contributed by atoms with van der Waals surface area (Å²) in [5.74, 6) is 1.42. The third-order valence-corrected chi connectivity index (χ3v) is 5.18. The highest BCUT2D eigenvalue weighted by molar-refractivity contribution is 5.98. The van der Waals surface area contributed by atoms with Gasteiger partial charge >= 0.3 is 0 Å². The number of amides is 1. The number of ether oxygens (including phenoxy) is 2. The van der Waals surface area contributed by atoms with Crippen LogP contribution in [-0.4, -0.2) is 35.9 Å². The number of unbranched alkanes of at least 4 members (excludes halogenated alkanes) is 2. The normalized spacial score (nSPS) is 15.6. The highest BCUT2D eigenvalue weighted by atomic mass is 16.5. The lowest BCUT2D eigenvalue weighted by Gasteiger charge is -2.24. The molecule has 3 rings (SSSR count). The first-order valence-corrected chi connectivity index (χ1v) is 9.96. The van der Waals surface area contributed by atoms with Crippen LogP contribution in [0.3, 0.4) is 0 Å². The lowest BCUT2D eigenvalue weighted by Crippen LogP contribution is -2.22. The zero-order valence-corrected chi connectivity index (χ0v) is 17.2. The quantitative estimate of drug-likeness (QED) is 0.679. The molecule has 1 aliphatic carbocycles. The number of nitrogens with one attached hydrogen (secondary N) is 1. The number of nitrogens with zero attached hydrogens (tertiary/aromatic N) is 2. The second kappa shape index (κ2) is 9.49. The van der Waals surface area contributed by atoms with Crippen LogP contribution in [0.4, 0.5) is 5.95 Å². The van der Waals surface area contributed by atoms with E-state index < -0.39 is 0 Å². The van der Waals surface area contributed by atoms with Crippen LogP contribution < -0.4 is 14.8 Å². The van der Waals surface area contributed by atoms with E-state index in [2.05, 4.69) is 22.2 Å². The van der Waals surface area contributed by atoms with E-state index in [1.54, 1.807) is 14.2 Å². The van der Waals surface area contributed by atoms with E-state index in [1.165, 1.54) is 6.20 Å². The molecule has 154 valence electrons. The lowest BCUT2D eigenvalue weighted by molar-refractivity contribution is -0.116. The van der Waals surface area contributed by atoms with Crippen LogP contribution in [0, 0.1) is 0 Å². The first-order valence-electron chi connectivity index (χ1n) is 9.96. The molecule has 0 radical (unpaired) electrons. The van der Waals surface area contributed by atoms with Crippen molar-refractivity contribution in [2.24, 2.45) is 0 Å². The van der Waals surface area contributed by atoms with E-state index in [0.717, 1.165) is 24.8 Å². The first kappa shape index (κ1) is 20.8. The van der Waals surface area contributed by atoms with Gasteiger partial charge in [-0.1, -0.05) is 25.8 Å². The summed E-state index contributed by atoms with van der Waals surface area (Å²) in [4.78, 5) is 33.3. The van der Waals surface area contributed by atoms with E-state index in [9.17, 15) is 9.59 Å². The van der Waals surface area contributed by atoms with Crippen molar-refractivity contribution in [2.45, 2.75) is 51.4 Å². The van der Waals surface area contributed by atoms with Crippen LogP contribution in [-0.2, 0) is 11.2 Å². The zero-order chi connectivity index (χ0) is 20.8. The predicted molar refractivity (Wildman–Crippen MR) is 110 cm³/mol. The minimum absolute atomic E-state index is 0.00635. The van der Waals surface area contributed by atoms with Crippen molar-refractivity contribution in [3.05, 3.63) is 41.2 Å². The first-order chi connectivity index (χ1) is 14.0. The molecule has 7 nitrogen and oxygen atoms in total. The Hall–Kier alpha value is -2.96. The average Bonchev–Trinajstić information content (AvgIpc) is 2.73. The highest BCUT2D eigenvalue weighted by Gasteiger charge is 2.29. The van der Waals surface area contributed by atoms with Crippen LogP contribution in [0.25, 0.3) is 0 Å². The van der Waals surface area contributed by atoms with Gasteiger partial charge in [-0.2, -0.15) is 0 Å². The number of rotatable bonds is 8. The van der Waals surface area contributed by atoms with Crippen LogP contribution in [0.15, 0.2) is 24.4 Å². The number of anilines is 1. The van der Waals surface area contributed by atoms with Crippen molar-refractivity contribution in [1.82, 2.24) is 9.97 Å². The molecule has 1 amide bonds. The Morgan fingerprint density at radius 2 is 1.97 bits per heavy atom. The third-order valence-electron chi connectivity index (χ3n) is 5.18. The molecule has 7 heteroatoms. The summed E-state index contributed by atoms with van der Waals surface area (Å²) in [5, 5.41) is 2.74. The maximum absolute atomic E-state index is 12.6. The van der Waals surface area contributed by atoms with Crippen LogP contribution >= 0.6 is 0 Å². The lowest BCUT2D eigenvalue weighted by atomic mass is 9.82. The minimum atomic E-state index is -0.100. The number of Topliss-reactive ketones (excluding diaryl/α,β-unsaturated/α-hetero) is 1. The second-order valence-corrected chi connectivity index (χ2v) is 7.20. The summed E-state index contributed by atoms with van der Waals surface area (Å²) in [5.41, 5.74) is 2.19. The van der Waals surface area contributed by atoms with Gasteiger partial charge in [-0.15, -0.1) is 0 Å². The Bertz CT molecular complexity index is 898. The number of hydrogen-bond donors (Lipinski definition) is 1. The molecule has 0 bridgehead atoms. The summed E-state index contributed by atoms with van der Waals surface area (Å²) >= 11 is 0. The van der Waals surface area contributed by atoms with Crippen molar-refractivity contribution in [3.8, 4) is 11.5 Å². The van der Waals surface area contributed by atoms with Crippen LogP contribution in [0.5, 0.6) is 11.5 Å². The molecule has 0 unspecified atom stereocenters. The molecule has 1 atom stereocenters. The summed E-state index contributed by atoms with van der Waals surface area (Å²) in [7, 11) is 3.18. The molecular weight excluding hydrogens is 370 g/mol. The Morgan fingerprint density at radius 3 is 2.69 bits per heavy atom. The number of fused-ring (bicyclic) bond motifs is 1. The summed E-state index contributed by atoms with van der Waals surface area (Å²) in [6.45, 7) is 2.09. The molecule has 1 heterocycles. The van der Waals surface area contributed by atoms with Crippen molar-refractivity contribution >= 4 is 17.6 Å². The van der Waals surface area contributed by atoms with Gasteiger partial charge in [0.1, 0.15) is 0 Å². The maximum Gasteiger partial charge on any atom is 0.229 e. The number of benzene rings is 1. The standard InChI is InChI=1S/C22H27N3O4/c1-4-5-6-7-21(27)25-22-23-13-16-17(24-22)10-15(11-18(16)26)14-8-9-19(28-2)20(12-14)29-3/h8-9,12-13,15H,4-7,10-11H2,1-3H3,(H,23,24,25,27)/t15-/m0/s1. The van der Waals surface area contributed by atoms with Gasteiger partial charge in [0.2, 0.25) is 11.9 Å². The highest BCUT2D eigenvalue weighted by Crippen LogP contribution is 2.36. The molecule has 1 aliphatic rings. The van der Waals surface area contributed by atoms with E-state index in [1.807, 2.05) is 18.2 Å². The fourth-order valence-corrected chi connectivity index (χ4v) is 3.57. The molecular formula is C22H27N3O4. The molecule has 1 N–H and O–H groups in total. The molecule has 0 saturated heterocycles. The predicted octanol–water partition coefficient (Wildman–Crippen LogP) is 3.93. The van der Waals surface area contributed by atoms with Gasteiger partial charge in [0.05, 0.1) is 25.5 Å². The Kier molecular flexibility index (Phi) is 6.80. The van der Waals surface area contributed by atoms with E-state index in [4.69, 9.17) is 9.47 Å². The summed E-state index contributed by atoms with van der Waals surface area (Å²) in [6, 6.07) is 5.69. The van der Waals surface area contributed by atoms with Gasteiger partial charge < -0.3 is 9.47 Å². The fourth-order valence-electron chi connectivity index (χ4n) is 3.57. The van der Waals surface area contributed by atoms with E-state index in [-0.39, 0.29) is 23.6 Å². The molecule has 0 fully saturated rings. The number of carbonyl (C=O) groups is 2. The Balaban J connectivity index is 1.77. The van der Waals surface area contributed by atoms with E-state index >= 15 is 0 Å². The van der Waals surface area contributed by atoms with Crippen LogP contribution in [0.2, 0.25) is 0 Å². The average molecular weight is 397 g/mol. The number of carbonyl (C=O) groups excluding carboxylic acids is 2. The van der Waals surface area contributed by atoms with Gasteiger partial charge in [-0.3, -0.25) is 14.9 Å². The molecule has 0 aliphatic heterocycles. The molecule has 29 heavy (non-hydrogen) atoms. The van der Waals surface area contributed by atoms with Crippen molar-refractivity contribution in [2.75, 3.05) is 19.5 Å². The van der Waals surface area contributed by atoms with Gasteiger partial charge in [0.15, 0.2) is 17.3 Å². The SMILES string of the molecule is CCCCCC(=O)Nc1ncc2c(n1)C[C@H](c1ccc(OC)c(OC)c1)CC2=O. The molecule has 2 aromatic rings. The van der Waals surface area contributed by atoms with Crippen molar-refractivity contribution < 1.29 is 19.1 Å². The fraction of sp³-hybridized carbons (Fsp3) is 0.455. The zero-order valence-electron chi connectivity index (χ0n) is 17.2. The van der Waals surface area contributed by atoms with Gasteiger partial charge in [-0.05, 0) is 36.5 Å². The Labute approximate surface area is 170 Å². The molecule has 0 spiro atoms. The second-order valence-electron chi connectivity index (χ2n) is 7.20. The minimum Gasteiger partial charge on any atom is -0.493 e. The third kappa shape index (κ3) is 4.91. The van der Waals surface area contributed by atoms with Crippen molar-refractivity contribution in [3.63, 3.8) is 0 Å². The molecule has 1 aromatic heterocycles. The maximum atomic E-state index is 12.6. The van der Waals surface area contributed by atoms with Crippen molar-refractivity contribution in [1.29, 1.82) is 0 Å². The van der Waals surface area contributed by atoms with Crippen LogP contribution in [0.1, 0.15) is 66.6 Å². The molecule has 1 aromatic carbocycles. The number of aromatic nitrogens is 2. The van der Waals surface area contributed by atoms with Gasteiger partial charge in [0.25, 0.3) is 0 Å². The van der Waals surface area contributed by atoms with Gasteiger partial charge in [0, 0.05) is 19.0 Å². The van der Waals surface area contributed by atoms with Gasteiger partial charge in [-0.25, -0.2) is 9.97 Å². The smallest absolute Gasteiger partial charge is 0.229 e. The number of hydrogen-bond acceptors (Lipinski definition) is 6. The topological polar surface area (TPSA) is 90.4 Å².